The molecule has 0 amide bonds. The van der Waals surface area contributed by atoms with Gasteiger partial charge in [0.1, 0.15) is 0 Å². The highest BCUT2D eigenvalue weighted by Crippen LogP contribution is 2.20. The van der Waals surface area contributed by atoms with E-state index < -0.39 is 26.1 Å². The molecule has 1 atom stereocenters. The van der Waals surface area contributed by atoms with Crippen LogP contribution in [-0.2, 0) is 20.0 Å². The van der Waals surface area contributed by atoms with Crippen molar-refractivity contribution in [2.75, 3.05) is 5.75 Å². The Labute approximate surface area is 126 Å². The third kappa shape index (κ3) is 6.13. The maximum atomic E-state index is 12.1. The number of primary sulfonamides is 1. The molecule has 0 heterocycles. The fourth-order valence-electron chi connectivity index (χ4n) is 1.91. The lowest BCUT2D eigenvalue weighted by Crippen LogP contribution is -2.34. The van der Waals surface area contributed by atoms with Crippen LogP contribution in [0.3, 0.4) is 0 Å². The second kappa shape index (κ2) is 6.04. The predicted octanol–water partition coefficient (Wildman–Crippen LogP) is 1.36. The van der Waals surface area contributed by atoms with E-state index in [0.717, 1.165) is 0 Å². The van der Waals surface area contributed by atoms with Crippen LogP contribution in [0.4, 0.5) is 0 Å². The van der Waals surface area contributed by atoms with Gasteiger partial charge in [-0.25, -0.2) is 26.7 Å². The average Bonchev–Trinajstić information content (AvgIpc) is 2.23. The molecule has 0 bridgehead atoms. The van der Waals surface area contributed by atoms with Gasteiger partial charge in [-0.05, 0) is 30.0 Å². The van der Waals surface area contributed by atoms with Crippen LogP contribution >= 0.6 is 0 Å². The quantitative estimate of drug-likeness (QED) is 0.848. The molecule has 1 rings (SSSR count). The molecule has 0 aromatic heterocycles. The van der Waals surface area contributed by atoms with Crippen LogP contribution in [0.2, 0.25) is 0 Å². The van der Waals surface area contributed by atoms with Gasteiger partial charge in [0, 0.05) is 6.04 Å². The molecule has 6 nitrogen and oxygen atoms in total. The summed E-state index contributed by atoms with van der Waals surface area (Å²) >= 11 is 0. The minimum absolute atomic E-state index is 0.0147. The second-order valence-corrected chi connectivity index (χ2v) is 9.59. The molecule has 120 valence electrons. The summed E-state index contributed by atoms with van der Waals surface area (Å²) in [6, 6.07) is 5.39. The Bertz CT molecular complexity index is 704. The summed E-state index contributed by atoms with van der Waals surface area (Å²) < 4.78 is 49.3. The number of sulfonamides is 2. The summed E-state index contributed by atoms with van der Waals surface area (Å²) in [5.41, 5.74) is 0.174. The number of nitrogens with one attached hydrogen (secondary N) is 1. The van der Waals surface area contributed by atoms with Gasteiger partial charge in [0.2, 0.25) is 20.0 Å². The van der Waals surface area contributed by atoms with Gasteiger partial charge >= 0.3 is 0 Å². The third-order valence-corrected chi connectivity index (χ3v) is 5.54. The van der Waals surface area contributed by atoms with E-state index >= 15 is 0 Å². The molecule has 0 spiro atoms. The molecule has 0 aliphatic heterocycles. The lowest BCUT2D eigenvalue weighted by atomic mass is 10.0. The number of benzene rings is 1. The molecule has 21 heavy (non-hydrogen) atoms. The van der Waals surface area contributed by atoms with Gasteiger partial charge in [-0.2, -0.15) is 0 Å². The number of rotatable bonds is 5. The van der Waals surface area contributed by atoms with E-state index in [4.69, 9.17) is 5.14 Å². The first kappa shape index (κ1) is 18.1. The van der Waals surface area contributed by atoms with Crippen molar-refractivity contribution >= 4 is 20.0 Å². The number of hydrogen-bond acceptors (Lipinski definition) is 4. The molecule has 0 fully saturated rings. The Kier molecular flexibility index (Phi) is 5.20. The van der Waals surface area contributed by atoms with Crippen molar-refractivity contribution in [3.63, 3.8) is 0 Å². The zero-order valence-corrected chi connectivity index (χ0v) is 14.3. The highest BCUT2D eigenvalue weighted by Gasteiger charge is 2.23. The van der Waals surface area contributed by atoms with Crippen molar-refractivity contribution in [2.24, 2.45) is 10.6 Å². The summed E-state index contributed by atoms with van der Waals surface area (Å²) in [5, 5.41) is 5.07. The van der Waals surface area contributed by atoms with Crippen molar-refractivity contribution in [3.05, 3.63) is 29.8 Å². The van der Waals surface area contributed by atoms with Gasteiger partial charge in [0.15, 0.2) is 0 Å². The van der Waals surface area contributed by atoms with Crippen LogP contribution in [0.1, 0.15) is 39.3 Å². The monoisotopic (exact) mass is 334 g/mol. The maximum absolute atomic E-state index is 12.1. The van der Waals surface area contributed by atoms with E-state index in [1.54, 1.807) is 13.0 Å². The molecular formula is C13H22N2O4S2. The first-order chi connectivity index (χ1) is 9.30. The van der Waals surface area contributed by atoms with E-state index in [1.165, 1.54) is 18.2 Å². The van der Waals surface area contributed by atoms with Crippen LogP contribution < -0.4 is 9.86 Å². The Morgan fingerprint density at radius 3 is 2.24 bits per heavy atom. The Morgan fingerprint density at radius 2 is 1.76 bits per heavy atom. The fraction of sp³-hybridized carbons (Fsp3) is 0.538. The molecule has 0 aliphatic carbocycles. The molecule has 1 aromatic carbocycles. The zero-order valence-electron chi connectivity index (χ0n) is 12.6. The number of nitrogens with two attached hydrogens (primary N) is 1. The van der Waals surface area contributed by atoms with Gasteiger partial charge < -0.3 is 0 Å². The highest BCUT2D eigenvalue weighted by atomic mass is 32.2. The van der Waals surface area contributed by atoms with Crippen LogP contribution in [0.15, 0.2) is 29.2 Å². The van der Waals surface area contributed by atoms with E-state index in [0.29, 0.717) is 5.56 Å². The fourth-order valence-corrected chi connectivity index (χ4v) is 4.38. The van der Waals surface area contributed by atoms with Crippen LogP contribution in [0.25, 0.3) is 0 Å². The minimum atomic E-state index is -3.81. The molecule has 0 saturated heterocycles. The topological polar surface area (TPSA) is 106 Å². The summed E-state index contributed by atoms with van der Waals surface area (Å²) in [6.45, 7) is 7.15. The molecule has 3 N–H and O–H groups in total. The lowest BCUT2D eigenvalue weighted by Gasteiger charge is -2.21. The maximum Gasteiger partial charge on any atom is 0.238 e. The molecule has 0 radical (unpaired) electrons. The van der Waals surface area contributed by atoms with E-state index in [2.05, 4.69) is 4.72 Å². The molecule has 1 unspecified atom stereocenters. The summed E-state index contributed by atoms with van der Waals surface area (Å²) in [5.74, 6) is -0.0147. The Balaban J connectivity index is 2.98. The van der Waals surface area contributed by atoms with Crippen molar-refractivity contribution < 1.29 is 16.8 Å². The summed E-state index contributed by atoms with van der Waals surface area (Å²) in [7, 11) is -7.27. The van der Waals surface area contributed by atoms with Crippen LogP contribution in [0, 0.1) is 5.41 Å². The first-order valence-corrected chi connectivity index (χ1v) is 9.63. The Morgan fingerprint density at radius 1 is 1.19 bits per heavy atom. The van der Waals surface area contributed by atoms with Gasteiger partial charge in [0.05, 0.1) is 10.6 Å². The molecule has 0 saturated carbocycles. The van der Waals surface area contributed by atoms with Gasteiger partial charge in [-0.3, -0.25) is 0 Å². The normalized spacial score (nSPS) is 14.9. The van der Waals surface area contributed by atoms with Gasteiger partial charge in [-0.15, -0.1) is 0 Å². The second-order valence-electron chi connectivity index (χ2n) is 6.28. The molecule has 1 aromatic rings. The van der Waals surface area contributed by atoms with Gasteiger partial charge in [-0.1, -0.05) is 32.9 Å². The van der Waals surface area contributed by atoms with Crippen molar-refractivity contribution in [1.29, 1.82) is 0 Å². The first-order valence-electron chi connectivity index (χ1n) is 6.43. The van der Waals surface area contributed by atoms with Crippen molar-refractivity contribution in [1.82, 2.24) is 4.72 Å². The molecule has 8 heteroatoms. The lowest BCUT2D eigenvalue weighted by molar-refractivity contribution is 0.455. The molecule has 0 aliphatic rings. The van der Waals surface area contributed by atoms with E-state index in [-0.39, 0.29) is 16.1 Å². The standard InChI is InChI=1S/C13H22N2O4S2/c1-10(15-20(16,17)9-13(2,3)4)11-6-5-7-12(8-11)21(14,18)19/h5-8,10,15H,9H2,1-4H3,(H2,14,18,19). The third-order valence-electron chi connectivity index (χ3n) is 2.67. The predicted molar refractivity (Wildman–Crippen MR) is 82.6 cm³/mol. The SMILES string of the molecule is CC(NS(=O)(=O)CC(C)(C)C)c1cccc(S(N)(=O)=O)c1. The van der Waals surface area contributed by atoms with Gasteiger partial charge in [0.25, 0.3) is 0 Å². The molecular weight excluding hydrogens is 312 g/mol. The number of hydrogen-bond donors (Lipinski definition) is 2. The minimum Gasteiger partial charge on any atom is -0.225 e. The highest BCUT2D eigenvalue weighted by molar-refractivity contribution is 7.89. The average molecular weight is 334 g/mol. The van der Waals surface area contributed by atoms with E-state index in [1.807, 2.05) is 20.8 Å². The van der Waals surface area contributed by atoms with E-state index in [9.17, 15) is 16.8 Å². The van der Waals surface area contributed by atoms with Crippen LogP contribution in [-0.4, -0.2) is 22.6 Å². The summed E-state index contributed by atoms with van der Waals surface area (Å²) in [4.78, 5) is -0.0399. The zero-order chi connectivity index (χ0) is 16.5. The van der Waals surface area contributed by atoms with Crippen molar-refractivity contribution in [2.45, 2.75) is 38.6 Å². The largest absolute Gasteiger partial charge is 0.238 e. The Hall–Kier alpha value is -0.960. The van der Waals surface area contributed by atoms with Crippen molar-refractivity contribution in [3.8, 4) is 0 Å². The smallest absolute Gasteiger partial charge is 0.225 e. The summed E-state index contributed by atoms with van der Waals surface area (Å²) in [6.07, 6.45) is 0. The van der Waals surface area contributed by atoms with Crippen LogP contribution in [0.5, 0.6) is 0 Å².